The van der Waals surface area contributed by atoms with E-state index in [2.05, 4.69) is 87.5 Å². The Kier molecular flexibility index (Phi) is 3.79. The second-order valence-electron chi connectivity index (χ2n) is 4.98. The first-order valence-electron chi connectivity index (χ1n) is 6.78. The monoisotopic (exact) mass is 328 g/mol. The molecule has 1 heterocycles. The van der Waals surface area contributed by atoms with Gasteiger partial charge in [0.15, 0.2) is 0 Å². The van der Waals surface area contributed by atoms with Crippen molar-refractivity contribution in [3.05, 3.63) is 64.8 Å². The fraction of sp³-hybridized carbons (Fsp3) is 0.176. The number of hydrogen-bond acceptors (Lipinski definition) is 1. The maximum atomic E-state index is 3.62. The molecule has 0 spiro atoms. The molecule has 2 aromatic carbocycles. The summed E-state index contributed by atoms with van der Waals surface area (Å²) in [5, 5.41) is 4.74. The van der Waals surface area contributed by atoms with E-state index in [-0.39, 0.29) is 0 Å². The van der Waals surface area contributed by atoms with Crippen LogP contribution in [-0.2, 0) is 6.54 Å². The molecule has 1 N–H and O–H groups in total. The van der Waals surface area contributed by atoms with Crippen LogP contribution in [0.25, 0.3) is 10.9 Å². The minimum atomic E-state index is 0.911. The highest BCUT2D eigenvalue weighted by Gasteiger charge is 2.04. The van der Waals surface area contributed by atoms with Crippen LogP contribution in [0.4, 0.5) is 5.69 Å². The molecule has 2 nitrogen and oxygen atoms in total. The molecule has 20 heavy (non-hydrogen) atoms. The van der Waals surface area contributed by atoms with Crippen LogP contribution in [0.2, 0.25) is 0 Å². The molecule has 0 aliphatic heterocycles. The highest BCUT2D eigenvalue weighted by atomic mass is 79.9. The fourth-order valence-electron chi connectivity index (χ4n) is 2.46. The van der Waals surface area contributed by atoms with Gasteiger partial charge in [-0.05, 0) is 46.6 Å². The number of aromatic nitrogens is 1. The van der Waals surface area contributed by atoms with E-state index in [1.54, 1.807) is 0 Å². The van der Waals surface area contributed by atoms with Crippen LogP contribution in [0.1, 0.15) is 5.56 Å². The lowest BCUT2D eigenvalue weighted by atomic mass is 10.2. The number of anilines is 1. The molecule has 0 bridgehead atoms. The van der Waals surface area contributed by atoms with Gasteiger partial charge >= 0.3 is 0 Å². The van der Waals surface area contributed by atoms with Gasteiger partial charge < -0.3 is 9.88 Å². The van der Waals surface area contributed by atoms with E-state index in [0.717, 1.165) is 17.6 Å². The van der Waals surface area contributed by atoms with Gasteiger partial charge in [0.05, 0.1) is 0 Å². The molecule has 3 heteroatoms. The van der Waals surface area contributed by atoms with Gasteiger partial charge in [0.2, 0.25) is 0 Å². The standard InChI is InChI=1S/C17H17BrN2/c1-13-5-4-6-14(11-13)19-9-10-20-12-16(18)15-7-2-3-8-17(15)20/h2-8,11-12,19H,9-10H2,1H3. The van der Waals surface area contributed by atoms with Crippen LogP contribution in [0.5, 0.6) is 0 Å². The lowest BCUT2D eigenvalue weighted by molar-refractivity contribution is 0.756. The van der Waals surface area contributed by atoms with E-state index in [9.17, 15) is 0 Å². The number of halogens is 1. The second-order valence-corrected chi connectivity index (χ2v) is 5.84. The SMILES string of the molecule is Cc1cccc(NCCn2cc(Br)c3ccccc32)c1. The van der Waals surface area contributed by atoms with Gasteiger partial charge in [0, 0.05) is 40.3 Å². The van der Waals surface area contributed by atoms with Crippen LogP contribution in [0.15, 0.2) is 59.2 Å². The van der Waals surface area contributed by atoms with Gasteiger partial charge in [-0.25, -0.2) is 0 Å². The van der Waals surface area contributed by atoms with Crippen molar-refractivity contribution in [1.82, 2.24) is 4.57 Å². The summed E-state index contributed by atoms with van der Waals surface area (Å²) >= 11 is 3.62. The molecule has 0 saturated carbocycles. The van der Waals surface area contributed by atoms with E-state index in [4.69, 9.17) is 0 Å². The zero-order valence-electron chi connectivity index (χ0n) is 11.4. The van der Waals surface area contributed by atoms with E-state index in [1.165, 1.54) is 22.2 Å². The average molecular weight is 329 g/mol. The van der Waals surface area contributed by atoms with Gasteiger partial charge in [-0.15, -0.1) is 0 Å². The van der Waals surface area contributed by atoms with Crippen molar-refractivity contribution in [1.29, 1.82) is 0 Å². The Hall–Kier alpha value is -1.74. The van der Waals surface area contributed by atoms with E-state index < -0.39 is 0 Å². The molecule has 3 aromatic rings. The van der Waals surface area contributed by atoms with E-state index in [1.807, 2.05) is 0 Å². The van der Waals surface area contributed by atoms with Crippen molar-refractivity contribution < 1.29 is 0 Å². The number of rotatable bonds is 4. The van der Waals surface area contributed by atoms with Gasteiger partial charge in [-0.1, -0.05) is 30.3 Å². The predicted molar refractivity (Wildman–Crippen MR) is 89.3 cm³/mol. The maximum absolute atomic E-state index is 3.62. The highest BCUT2D eigenvalue weighted by molar-refractivity contribution is 9.10. The Balaban J connectivity index is 1.71. The van der Waals surface area contributed by atoms with Crippen molar-refractivity contribution in [2.75, 3.05) is 11.9 Å². The quantitative estimate of drug-likeness (QED) is 0.726. The molecule has 0 aliphatic carbocycles. The Morgan fingerprint density at radius 1 is 1.10 bits per heavy atom. The molecule has 0 atom stereocenters. The van der Waals surface area contributed by atoms with E-state index >= 15 is 0 Å². The number of hydrogen-bond donors (Lipinski definition) is 1. The summed E-state index contributed by atoms with van der Waals surface area (Å²) in [4.78, 5) is 0. The van der Waals surface area contributed by atoms with Crippen LogP contribution >= 0.6 is 15.9 Å². The number of para-hydroxylation sites is 1. The van der Waals surface area contributed by atoms with Crippen molar-refractivity contribution in [3.63, 3.8) is 0 Å². The molecule has 102 valence electrons. The first-order valence-corrected chi connectivity index (χ1v) is 7.57. The molecule has 0 amide bonds. The number of aryl methyl sites for hydroxylation is 1. The number of nitrogens with one attached hydrogen (secondary N) is 1. The van der Waals surface area contributed by atoms with Crippen LogP contribution in [-0.4, -0.2) is 11.1 Å². The van der Waals surface area contributed by atoms with Gasteiger partial charge in [0.1, 0.15) is 0 Å². The summed E-state index contributed by atoms with van der Waals surface area (Å²) in [5.41, 5.74) is 3.73. The van der Waals surface area contributed by atoms with Crippen molar-refractivity contribution in [2.45, 2.75) is 13.5 Å². The molecule has 0 unspecified atom stereocenters. The Bertz CT molecular complexity index is 731. The Morgan fingerprint density at radius 3 is 2.80 bits per heavy atom. The Morgan fingerprint density at radius 2 is 1.95 bits per heavy atom. The predicted octanol–water partition coefficient (Wildman–Crippen LogP) is 4.82. The minimum Gasteiger partial charge on any atom is -0.383 e. The molecule has 0 saturated heterocycles. The molecule has 1 aromatic heterocycles. The lowest BCUT2D eigenvalue weighted by Gasteiger charge is -2.09. The van der Waals surface area contributed by atoms with Crippen molar-refractivity contribution >= 4 is 32.5 Å². The van der Waals surface area contributed by atoms with Crippen molar-refractivity contribution in [2.24, 2.45) is 0 Å². The third-order valence-electron chi connectivity index (χ3n) is 3.44. The third-order valence-corrected chi connectivity index (χ3v) is 4.07. The van der Waals surface area contributed by atoms with Crippen LogP contribution < -0.4 is 5.32 Å². The molecule has 0 fully saturated rings. The average Bonchev–Trinajstić information content (AvgIpc) is 2.77. The molecular weight excluding hydrogens is 312 g/mol. The normalized spacial score (nSPS) is 10.9. The molecule has 3 rings (SSSR count). The zero-order valence-corrected chi connectivity index (χ0v) is 13.0. The fourth-order valence-corrected chi connectivity index (χ4v) is 3.05. The summed E-state index contributed by atoms with van der Waals surface area (Å²) in [5.74, 6) is 0. The van der Waals surface area contributed by atoms with Gasteiger partial charge in [0.25, 0.3) is 0 Å². The first kappa shape index (κ1) is 13.3. The number of nitrogens with zero attached hydrogens (tertiary/aromatic N) is 1. The summed E-state index contributed by atoms with van der Waals surface area (Å²) in [6, 6.07) is 16.9. The minimum absolute atomic E-state index is 0.911. The smallest absolute Gasteiger partial charge is 0.0492 e. The second kappa shape index (κ2) is 5.71. The van der Waals surface area contributed by atoms with Crippen LogP contribution in [0.3, 0.4) is 0 Å². The van der Waals surface area contributed by atoms with Gasteiger partial charge in [-0.3, -0.25) is 0 Å². The third kappa shape index (κ3) is 2.73. The number of fused-ring (bicyclic) bond motifs is 1. The summed E-state index contributed by atoms with van der Waals surface area (Å²) in [6.45, 7) is 3.97. The summed E-state index contributed by atoms with van der Waals surface area (Å²) in [6.07, 6.45) is 2.16. The lowest BCUT2D eigenvalue weighted by Crippen LogP contribution is -2.09. The van der Waals surface area contributed by atoms with Crippen molar-refractivity contribution in [3.8, 4) is 0 Å². The van der Waals surface area contributed by atoms with Gasteiger partial charge in [-0.2, -0.15) is 0 Å². The molecular formula is C17H17BrN2. The number of benzene rings is 2. The maximum Gasteiger partial charge on any atom is 0.0492 e. The molecule has 0 radical (unpaired) electrons. The Labute approximate surface area is 127 Å². The summed E-state index contributed by atoms with van der Waals surface area (Å²) < 4.78 is 3.44. The zero-order chi connectivity index (χ0) is 13.9. The first-order chi connectivity index (χ1) is 9.74. The topological polar surface area (TPSA) is 17.0 Å². The largest absolute Gasteiger partial charge is 0.383 e. The highest BCUT2D eigenvalue weighted by Crippen LogP contribution is 2.25. The molecule has 0 aliphatic rings. The summed E-state index contributed by atoms with van der Waals surface area (Å²) in [7, 11) is 0. The van der Waals surface area contributed by atoms with E-state index in [0.29, 0.717) is 0 Å². The van der Waals surface area contributed by atoms with Crippen LogP contribution in [0, 0.1) is 6.92 Å².